The molecule has 0 spiro atoms. The van der Waals surface area contributed by atoms with Crippen LogP contribution in [0, 0.1) is 0 Å². The van der Waals surface area contributed by atoms with Gasteiger partial charge in [0.15, 0.2) is 0 Å². The van der Waals surface area contributed by atoms with Gasteiger partial charge in [-0.1, -0.05) is 6.07 Å². The van der Waals surface area contributed by atoms with Gasteiger partial charge in [0.05, 0.1) is 4.88 Å². The van der Waals surface area contributed by atoms with Crippen molar-refractivity contribution in [3.05, 3.63) is 75.1 Å². The van der Waals surface area contributed by atoms with Crippen molar-refractivity contribution in [3.8, 4) is 5.75 Å². The molecular formula is C18H13NO3S2. The number of nitrogens with one attached hydrogen (secondary N) is 1. The molecular weight excluding hydrogens is 342 g/mol. The highest BCUT2D eigenvalue weighted by Gasteiger charge is 2.07. The summed E-state index contributed by atoms with van der Waals surface area (Å²) < 4.78 is 5.21. The molecule has 1 amide bonds. The number of esters is 1. The van der Waals surface area contributed by atoms with Crippen molar-refractivity contribution in [3.63, 3.8) is 0 Å². The second kappa shape index (κ2) is 7.72. The van der Waals surface area contributed by atoms with E-state index in [2.05, 4.69) is 5.32 Å². The largest absolute Gasteiger partial charge is 0.423 e. The number of carbonyl (C=O) groups excluding carboxylic acids is 2. The molecule has 0 fully saturated rings. The molecule has 6 heteroatoms. The third-order valence-corrected chi connectivity index (χ3v) is 4.60. The first kappa shape index (κ1) is 16.2. The summed E-state index contributed by atoms with van der Waals surface area (Å²) >= 11 is 2.94. The lowest BCUT2D eigenvalue weighted by molar-refractivity contribution is -0.128. The van der Waals surface area contributed by atoms with Crippen molar-refractivity contribution in [1.82, 2.24) is 0 Å². The average molecular weight is 355 g/mol. The van der Waals surface area contributed by atoms with E-state index in [0.717, 1.165) is 5.56 Å². The van der Waals surface area contributed by atoms with Crippen molar-refractivity contribution >= 4 is 46.3 Å². The Bertz CT molecular complexity index is 835. The van der Waals surface area contributed by atoms with E-state index in [1.807, 2.05) is 28.3 Å². The number of amides is 1. The van der Waals surface area contributed by atoms with Crippen LogP contribution in [-0.4, -0.2) is 11.9 Å². The number of carbonyl (C=O) groups is 2. The van der Waals surface area contributed by atoms with Gasteiger partial charge < -0.3 is 10.1 Å². The minimum Gasteiger partial charge on any atom is -0.423 e. The molecule has 0 aliphatic carbocycles. The van der Waals surface area contributed by atoms with Gasteiger partial charge in [-0.05, 0) is 64.2 Å². The van der Waals surface area contributed by atoms with E-state index < -0.39 is 5.97 Å². The Morgan fingerprint density at radius 3 is 2.54 bits per heavy atom. The summed E-state index contributed by atoms with van der Waals surface area (Å²) in [5, 5.41) is 8.51. The average Bonchev–Trinajstić information content (AvgIpc) is 3.28. The van der Waals surface area contributed by atoms with Crippen LogP contribution in [0.3, 0.4) is 0 Å². The molecule has 0 bridgehead atoms. The van der Waals surface area contributed by atoms with E-state index in [0.29, 0.717) is 16.3 Å². The molecule has 0 aliphatic heterocycles. The van der Waals surface area contributed by atoms with E-state index in [9.17, 15) is 9.59 Å². The van der Waals surface area contributed by atoms with Gasteiger partial charge in [0.2, 0.25) is 0 Å². The van der Waals surface area contributed by atoms with Crippen molar-refractivity contribution in [2.75, 3.05) is 5.32 Å². The predicted octanol–water partition coefficient (Wildman–Crippen LogP) is 4.68. The van der Waals surface area contributed by atoms with Gasteiger partial charge in [0.25, 0.3) is 5.91 Å². The zero-order valence-electron chi connectivity index (χ0n) is 12.5. The van der Waals surface area contributed by atoms with Gasteiger partial charge in [-0.15, -0.1) is 11.3 Å². The monoisotopic (exact) mass is 355 g/mol. The van der Waals surface area contributed by atoms with E-state index in [4.69, 9.17) is 4.74 Å². The summed E-state index contributed by atoms with van der Waals surface area (Å²) in [6.45, 7) is 0. The Morgan fingerprint density at radius 1 is 1.04 bits per heavy atom. The second-order valence-corrected chi connectivity index (χ2v) is 6.49. The lowest BCUT2D eigenvalue weighted by Gasteiger charge is -2.05. The quantitative estimate of drug-likeness (QED) is 0.411. The molecule has 3 rings (SSSR count). The van der Waals surface area contributed by atoms with Crippen LogP contribution in [0.25, 0.3) is 6.08 Å². The molecule has 3 aromatic rings. The Hall–Kier alpha value is -2.70. The summed E-state index contributed by atoms with van der Waals surface area (Å²) in [5.74, 6) is -0.186. The molecule has 4 nitrogen and oxygen atoms in total. The fourth-order valence-corrected chi connectivity index (χ4v) is 3.14. The fourth-order valence-electron chi connectivity index (χ4n) is 1.89. The van der Waals surface area contributed by atoms with Gasteiger partial charge in [-0.25, -0.2) is 4.79 Å². The van der Waals surface area contributed by atoms with Gasteiger partial charge in [-0.2, -0.15) is 11.3 Å². The molecule has 0 unspecified atom stereocenters. The van der Waals surface area contributed by atoms with E-state index in [1.54, 1.807) is 47.7 Å². The number of benzene rings is 1. The van der Waals surface area contributed by atoms with Gasteiger partial charge in [-0.3, -0.25) is 4.79 Å². The van der Waals surface area contributed by atoms with Gasteiger partial charge in [0.1, 0.15) is 5.75 Å². The van der Waals surface area contributed by atoms with Crippen molar-refractivity contribution in [2.45, 2.75) is 0 Å². The maximum Gasteiger partial charge on any atom is 0.336 e. The highest BCUT2D eigenvalue weighted by Crippen LogP contribution is 2.18. The van der Waals surface area contributed by atoms with Crippen LogP contribution in [0.4, 0.5) is 5.69 Å². The minimum absolute atomic E-state index is 0.159. The Morgan fingerprint density at radius 2 is 1.88 bits per heavy atom. The number of anilines is 1. The molecule has 0 radical (unpaired) electrons. The number of thiophene rings is 2. The summed E-state index contributed by atoms with van der Waals surface area (Å²) in [6, 6.07) is 12.2. The highest BCUT2D eigenvalue weighted by molar-refractivity contribution is 7.12. The first-order valence-corrected chi connectivity index (χ1v) is 8.90. The smallest absolute Gasteiger partial charge is 0.336 e. The van der Waals surface area contributed by atoms with Crippen LogP contribution >= 0.6 is 22.7 Å². The molecule has 120 valence electrons. The lowest BCUT2D eigenvalue weighted by Crippen LogP contribution is -2.10. The molecule has 2 aromatic heterocycles. The normalized spacial score (nSPS) is 10.7. The van der Waals surface area contributed by atoms with Gasteiger partial charge >= 0.3 is 5.97 Å². The van der Waals surface area contributed by atoms with Crippen LogP contribution in [0.2, 0.25) is 0 Å². The van der Waals surface area contributed by atoms with Crippen molar-refractivity contribution in [1.29, 1.82) is 0 Å². The van der Waals surface area contributed by atoms with Crippen molar-refractivity contribution < 1.29 is 14.3 Å². The van der Waals surface area contributed by atoms with Crippen LogP contribution in [-0.2, 0) is 4.79 Å². The Labute approximate surface area is 147 Å². The van der Waals surface area contributed by atoms with Crippen LogP contribution < -0.4 is 10.1 Å². The van der Waals surface area contributed by atoms with Crippen molar-refractivity contribution in [2.24, 2.45) is 0 Å². The fraction of sp³-hybridized carbons (Fsp3) is 0. The molecule has 2 heterocycles. The minimum atomic E-state index is -0.448. The maximum absolute atomic E-state index is 11.9. The molecule has 0 atom stereocenters. The first-order chi connectivity index (χ1) is 11.7. The van der Waals surface area contributed by atoms with Crippen LogP contribution in [0.5, 0.6) is 5.75 Å². The molecule has 0 aliphatic rings. The number of hydrogen-bond donors (Lipinski definition) is 1. The van der Waals surface area contributed by atoms with Gasteiger partial charge in [0, 0.05) is 11.8 Å². The molecule has 1 N–H and O–H groups in total. The van der Waals surface area contributed by atoms with Crippen LogP contribution in [0.15, 0.2) is 64.7 Å². The third-order valence-electron chi connectivity index (χ3n) is 3.03. The first-order valence-electron chi connectivity index (χ1n) is 7.08. The number of ether oxygens (including phenoxy) is 1. The lowest BCUT2D eigenvalue weighted by atomic mass is 10.3. The number of rotatable bonds is 5. The van der Waals surface area contributed by atoms with E-state index >= 15 is 0 Å². The highest BCUT2D eigenvalue weighted by atomic mass is 32.1. The third kappa shape index (κ3) is 4.41. The summed E-state index contributed by atoms with van der Waals surface area (Å²) in [7, 11) is 0. The maximum atomic E-state index is 11.9. The predicted molar refractivity (Wildman–Crippen MR) is 97.7 cm³/mol. The standard InChI is InChI=1S/C18H13NO3S2/c20-17(8-3-13-9-11-23-12-13)22-15-6-4-14(5-7-15)19-18(21)16-2-1-10-24-16/h1-12H,(H,19,21)/b8-3+. The summed E-state index contributed by atoms with van der Waals surface area (Å²) in [6.07, 6.45) is 3.09. The van der Waals surface area contributed by atoms with Crippen LogP contribution in [0.1, 0.15) is 15.2 Å². The van der Waals surface area contributed by atoms with E-state index in [-0.39, 0.29) is 5.91 Å². The summed E-state index contributed by atoms with van der Waals surface area (Å²) in [4.78, 5) is 24.3. The Balaban J connectivity index is 1.56. The molecule has 0 saturated carbocycles. The molecule has 0 saturated heterocycles. The molecule has 24 heavy (non-hydrogen) atoms. The van der Waals surface area contributed by atoms with E-state index in [1.165, 1.54) is 17.4 Å². The summed E-state index contributed by atoms with van der Waals surface area (Å²) in [5.41, 5.74) is 1.60. The zero-order chi connectivity index (χ0) is 16.8. The Kier molecular flexibility index (Phi) is 5.20. The second-order valence-electron chi connectivity index (χ2n) is 4.77. The molecule has 1 aromatic carbocycles. The SMILES string of the molecule is O=C(/C=C/c1ccsc1)Oc1ccc(NC(=O)c2cccs2)cc1. The number of hydrogen-bond acceptors (Lipinski definition) is 5. The topological polar surface area (TPSA) is 55.4 Å². The zero-order valence-corrected chi connectivity index (χ0v) is 14.1.